The second-order valence-electron chi connectivity index (χ2n) is 9.90. The van der Waals surface area contributed by atoms with Gasteiger partial charge in [0.1, 0.15) is 6.04 Å². The van der Waals surface area contributed by atoms with E-state index in [9.17, 15) is 14.7 Å². The van der Waals surface area contributed by atoms with Gasteiger partial charge in [-0.3, -0.25) is 4.79 Å². The van der Waals surface area contributed by atoms with Crippen LogP contribution in [-0.2, 0) is 16.1 Å². The fourth-order valence-electron chi connectivity index (χ4n) is 4.75. The van der Waals surface area contributed by atoms with E-state index < -0.39 is 17.9 Å². The molecule has 2 N–H and O–H groups in total. The van der Waals surface area contributed by atoms with Gasteiger partial charge in [-0.25, -0.2) is 4.79 Å². The fraction of sp³-hybridized carbons (Fsp3) is 0.375. The third kappa shape index (κ3) is 7.37. The summed E-state index contributed by atoms with van der Waals surface area (Å²) >= 11 is 1.55. The zero-order valence-electron chi connectivity index (χ0n) is 23.3. The van der Waals surface area contributed by atoms with Crippen LogP contribution in [0.5, 0.6) is 11.5 Å². The molecule has 4 rings (SSSR count). The summed E-state index contributed by atoms with van der Waals surface area (Å²) in [6.07, 6.45) is 5.10. The summed E-state index contributed by atoms with van der Waals surface area (Å²) in [5, 5.41) is 12.4. The number of benzene rings is 3. The second-order valence-corrected chi connectivity index (χ2v) is 10.9. The summed E-state index contributed by atoms with van der Waals surface area (Å²) in [7, 11) is 0. The lowest BCUT2D eigenvalue weighted by molar-refractivity contribution is -0.139. The van der Waals surface area contributed by atoms with Crippen molar-refractivity contribution in [3.8, 4) is 22.6 Å². The Kier molecular flexibility index (Phi) is 10.5. The van der Waals surface area contributed by atoms with Gasteiger partial charge < -0.3 is 24.6 Å². The predicted molar refractivity (Wildman–Crippen MR) is 158 cm³/mol. The summed E-state index contributed by atoms with van der Waals surface area (Å²) in [4.78, 5) is 25.2. The lowest BCUT2D eigenvalue weighted by Gasteiger charge is -2.20. The van der Waals surface area contributed by atoms with E-state index >= 15 is 0 Å². The predicted octanol–water partition coefficient (Wildman–Crippen LogP) is 6.77. The average Bonchev–Trinajstić information content (AvgIpc) is 3.43. The van der Waals surface area contributed by atoms with Crippen LogP contribution in [0.1, 0.15) is 65.8 Å². The molecule has 0 fully saturated rings. The Hall–Kier alpha value is -3.49. The van der Waals surface area contributed by atoms with Crippen molar-refractivity contribution in [2.45, 2.75) is 58.3 Å². The highest BCUT2D eigenvalue weighted by Gasteiger charge is 2.23. The number of aryl methyl sites for hydroxylation is 1. The highest BCUT2D eigenvalue weighted by Crippen LogP contribution is 2.37. The molecule has 0 saturated heterocycles. The number of hydrogen-bond acceptors (Lipinski definition) is 6. The SMILES string of the molecule is CCCC[C@@H](OCc1ccc(C(=O)N[C@@H](CCSC)C(=O)O)c(-c2ccccc2C)c1)c1ccc2c(c1)OCO2. The lowest BCUT2D eigenvalue weighted by Crippen LogP contribution is -2.41. The van der Waals surface area contributed by atoms with Crippen LogP contribution in [0.25, 0.3) is 11.1 Å². The maximum atomic E-state index is 13.4. The van der Waals surface area contributed by atoms with Crippen LogP contribution < -0.4 is 14.8 Å². The number of carboxylic acids is 1. The molecule has 0 bridgehead atoms. The summed E-state index contributed by atoms with van der Waals surface area (Å²) in [6.45, 7) is 4.74. The molecule has 1 aliphatic heterocycles. The third-order valence-corrected chi connectivity index (χ3v) is 7.66. The van der Waals surface area contributed by atoms with Crippen LogP contribution in [0.2, 0.25) is 0 Å². The van der Waals surface area contributed by atoms with Gasteiger partial charge in [0.25, 0.3) is 5.91 Å². The van der Waals surface area contributed by atoms with Crippen molar-refractivity contribution in [2.75, 3.05) is 18.8 Å². The minimum absolute atomic E-state index is 0.118. The van der Waals surface area contributed by atoms with Crippen molar-refractivity contribution in [3.63, 3.8) is 0 Å². The number of unbranched alkanes of at least 4 members (excludes halogenated alkanes) is 1. The van der Waals surface area contributed by atoms with Gasteiger partial charge in [-0.2, -0.15) is 11.8 Å². The van der Waals surface area contributed by atoms with E-state index in [2.05, 4.69) is 12.2 Å². The van der Waals surface area contributed by atoms with Gasteiger partial charge in [-0.1, -0.05) is 56.2 Å². The van der Waals surface area contributed by atoms with Crippen molar-refractivity contribution in [3.05, 3.63) is 82.9 Å². The minimum atomic E-state index is -1.04. The number of carbonyl (C=O) groups excluding carboxylic acids is 1. The molecule has 0 radical (unpaired) electrons. The molecule has 1 heterocycles. The zero-order valence-corrected chi connectivity index (χ0v) is 24.1. The summed E-state index contributed by atoms with van der Waals surface area (Å²) in [5.41, 5.74) is 5.09. The number of ether oxygens (including phenoxy) is 3. The maximum absolute atomic E-state index is 13.4. The minimum Gasteiger partial charge on any atom is -0.480 e. The van der Waals surface area contributed by atoms with E-state index in [4.69, 9.17) is 14.2 Å². The Morgan fingerprint density at radius 3 is 2.58 bits per heavy atom. The van der Waals surface area contributed by atoms with Gasteiger partial charge in [-0.15, -0.1) is 0 Å². The molecule has 40 heavy (non-hydrogen) atoms. The lowest BCUT2D eigenvalue weighted by atomic mass is 9.93. The largest absolute Gasteiger partial charge is 0.480 e. The summed E-state index contributed by atoms with van der Waals surface area (Å²) in [5.74, 6) is 0.679. The number of hydrogen-bond donors (Lipinski definition) is 2. The third-order valence-electron chi connectivity index (χ3n) is 7.02. The standard InChI is InChI=1S/C32H37NO6S/c1-4-5-10-28(23-12-14-29-30(18-23)39-20-38-29)37-19-22-11-13-25(26(17-22)24-9-7-6-8-21(24)2)31(34)33-27(32(35)36)15-16-40-3/h6-9,11-14,17-18,27-28H,4-5,10,15-16,19-20H2,1-3H3,(H,33,34)(H,35,36)/t27-,28+/m0/s1. The van der Waals surface area contributed by atoms with E-state index in [1.54, 1.807) is 17.8 Å². The summed E-state index contributed by atoms with van der Waals surface area (Å²) in [6, 6.07) is 18.5. The van der Waals surface area contributed by atoms with Crippen molar-refractivity contribution < 1.29 is 28.9 Å². The first-order valence-corrected chi connectivity index (χ1v) is 15.0. The Bertz CT molecular complexity index is 1330. The number of amides is 1. The molecule has 212 valence electrons. The first kappa shape index (κ1) is 29.5. The molecule has 3 aromatic carbocycles. The van der Waals surface area contributed by atoms with E-state index in [1.807, 2.05) is 67.8 Å². The zero-order chi connectivity index (χ0) is 28.5. The number of thioether (sulfide) groups is 1. The summed E-state index contributed by atoms with van der Waals surface area (Å²) < 4.78 is 17.5. The number of aliphatic carboxylic acids is 1. The van der Waals surface area contributed by atoms with Crippen LogP contribution in [0.3, 0.4) is 0 Å². The number of rotatable bonds is 14. The van der Waals surface area contributed by atoms with Crippen LogP contribution in [0.15, 0.2) is 60.7 Å². The van der Waals surface area contributed by atoms with Gasteiger partial charge >= 0.3 is 5.97 Å². The first-order chi connectivity index (χ1) is 19.4. The molecule has 0 aromatic heterocycles. The number of carboxylic acid groups (broad SMARTS) is 1. The Morgan fingerprint density at radius 2 is 1.82 bits per heavy atom. The van der Waals surface area contributed by atoms with Crippen LogP contribution >= 0.6 is 11.8 Å². The Labute approximate surface area is 240 Å². The van der Waals surface area contributed by atoms with Gasteiger partial charge in [0, 0.05) is 5.56 Å². The fourth-order valence-corrected chi connectivity index (χ4v) is 5.22. The van der Waals surface area contributed by atoms with Crippen molar-refractivity contribution in [1.29, 1.82) is 0 Å². The quantitative estimate of drug-likeness (QED) is 0.223. The highest BCUT2D eigenvalue weighted by atomic mass is 32.2. The molecule has 1 aliphatic rings. The van der Waals surface area contributed by atoms with Gasteiger partial charge in [0.15, 0.2) is 11.5 Å². The van der Waals surface area contributed by atoms with Crippen molar-refractivity contribution in [2.24, 2.45) is 0 Å². The van der Waals surface area contributed by atoms with Crippen molar-refractivity contribution in [1.82, 2.24) is 5.32 Å². The van der Waals surface area contributed by atoms with Crippen LogP contribution in [0.4, 0.5) is 0 Å². The smallest absolute Gasteiger partial charge is 0.326 e. The Morgan fingerprint density at radius 1 is 1.02 bits per heavy atom. The monoisotopic (exact) mass is 563 g/mol. The molecule has 0 spiro atoms. The van der Waals surface area contributed by atoms with E-state index in [-0.39, 0.29) is 12.9 Å². The Balaban J connectivity index is 1.60. The number of fused-ring (bicyclic) bond motifs is 1. The van der Waals surface area contributed by atoms with Crippen molar-refractivity contribution >= 4 is 23.6 Å². The van der Waals surface area contributed by atoms with Gasteiger partial charge in [0.05, 0.1) is 12.7 Å². The number of nitrogens with one attached hydrogen (secondary N) is 1. The molecule has 0 saturated carbocycles. The van der Waals surface area contributed by atoms with Gasteiger partial charge in [-0.05, 0) is 83.9 Å². The maximum Gasteiger partial charge on any atom is 0.326 e. The average molecular weight is 564 g/mol. The van der Waals surface area contributed by atoms with Gasteiger partial charge in [0.2, 0.25) is 6.79 Å². The highest BCUT2D eigenvalue weighted by molar-refractivity contribution is 7.98. The first-order valence-electron chi connectivity index (χ1n) is 13.6. The molecular weight excluding hydrogens is 526 g/mol. The normalized spacial score (nSPS) is 13.6. The van der Waals surface area contributed by atoms with E-state index in [1.165, 1.54) is 0 Å². The second kappa shape index (κ2) is 14.2. The molecule has 0 unspecified atom stereocenters. The molecule has 3 aromatic rings. The van der Waals surface area contributed by atoms with Crippen LogP contribution in [-0.4, -0.2) is 41.8 Å². The van der Waals surface area contributed by atoms with Crippen LogP contribution in [0, 0.1) is 6.92 Å². The topological polar surface area (TPSA) is 94.1 Å². The molecular formula is C32H37NO6S. The molecule has 0 aliphatic carbocycles. The molecule has 7 nitrogen and oxygen atoms in total. The molecule has 8 heteroatoms. The number of carbonyl (C=O) groups is 2. The van der Waals surface area contributed by atoms with E-state index in [0.717, 1.165) is 58.6 Å². The molecule has 2 atom stereocenters. The molecule has 1 amide bonds. The van der Waals surface area contributed by atoms with E-state index in [0.29, 0.717) is 24.3 Å².